The number of nitrogens with zero attached hydrogens (tertiary/aromatic N) is 3. The first-order chi connectivity index (χ1) is 14.0. The van der Waals surface area contributed by atoms with Gasteiger partial charge in [-0.2, -0.15) is 4.31 Å². The van der Waals surface area contributed by atoms with E-state index in [1.807, 2.05) is 31.1 Å². The van der Waals surface area contributed by atoms with Crippen molar-refractivity contribution in [3.8, 4) is 0 Å². The average Bonchev–Trinajstić information content (AvgIpc) is 2.71. The summed E-state index contributed by atoms with van der Waals surface area (Å²) in [7, 11) is 1.27. The van der Waals surface area contributed by atoms with Gasteiger partial charge in [0.25, 0.3) is 5.91 Å². The molecule has 0 spiro atoms. The van der Waals surface area contributed by atoms with E-state index in [2.05, 4.69) is 10.1 Å². The summed E-state index contributed by atoms with van der Waals surface area (Å²) >= 11 is 0. The summed E-state index contributed by atoms with van der Waals surface area (Å²) in [4.78, 5) is 40.6. The molecule has 1 N–H and O–H groups in total. The van der Waals surface area contributed by atoms with Crippen LogP contribution in [-0.4, -0.2) is 94.6 Å². The van der Waals surface area contributed by atoms with Gasteiger partial charge in [0.15, 0.2) is 0 Å². The van der Waals surface area contributed by atoms with Crippen LogP contribution < -0.4 is 10.2 Å². The lowest BCUT2D eigenvalue weighted by molar-refractivity contribution is -0.145. The van der Waals surface area contributed by atoms with Gasteiger partial charge in [-0.15, -0.1) is 0 Å². The first kappa shape index (κ1) is 23.6. The molecule has 1 aromatic rings. The number of carbonyl (C=O) groups is 3. The minimum absolute atomic E-state index is 0.0228. The fourth-order valence-corrected chi connectivity index (χ4v) is 4.23. The Bertz CT molecular complexity index is 900. The van der Waals surface area contributed by atoms with Crippen LogP contribution in [0.1, 0.15) is 17.3 Å². The lowest BCUT2D eigenvalue weighted by Gasteiger charge is -2.39. The summed E-state index contributed by atoms with van der Waals surface area (Å²) in [6.07, 6.45) is 1.01. The Labute approximate surface area is 176 Å². The Hall–Kier alpha value is -2.66. The van der Waals surface area contributed by atoms with Gasteiger partial charge in [0.2, 0.25) is 15.9 Å². The fourth-order valence-electron chi connectivity index (χ4n) is 3.19. The number of anilines is 1. The molecule has 0 bridgehead atoms. The van der Waals surface area contributed by atoms with Gasteiger partial charge in [0, 0.05) is 45.0 Å². The summed E-state index contributed by atoms with van der Waals surface area (Å²) in [5.41, 5.74) is 1.37. The second-order valence-corrected chi connectivity index (χ2v) is 9.27. The maximum absolute atomic E-state index is 12.9. The zero-order valence-corrected chi connectivity index (χ0v) is 18.6. The number of ether oxygens (including phenoxy) is 1. The predicted octanol–water partition coefficient (Wildman–Crippen LogP) is -0.484. The molecule has 10 nitrogen and oxygen atoms in total. The monoisotopic (exact) mass is 440 g/mol. The van der Waals surface area contributed by atoms with Gasteiger partial charge in [0.05, 0.1) is 13.4 Å². The summed E-state index contributed by atoms with van der Waals surface area (Å²) in [5, 5.41) is 2.46. The highest BCUT2D eigenvalue weighted by molar-refractivity contribution is 7.88. The maximum atomic E-state index is 12.9. The van der Waals surface area contributed by atoms with E-state index >= 15 is 0 Å². The molecule has 2 atom stereocenters. The van der Waals surface area contributed by atoms with Crippen molar-refractivity contribution in [1.29, 1.82) is 0 Å². The van der Waals surface area contributed by atoms with Crippen molar-refractivity contribution in [2.24, 2.45) is 0 Å². The molecule has 1 aliphatic rings. The zero-order chi connectivity index (χ0) is 22.6. The molecule has 0 aliphatic carbocycles. The summed E-state index contributed by atoms with van der Waals surface area (Å²) < 4.78 is 30.0. The van der Waals surface area contributed by atoms with Crippen LogP contribution in [0.2, 0.25) is 0 Å². The van der Waals surface area contributed by atoms with Crippen LogP contribution in [0.5, 0.6) is 0 Å². The van der Waals surface area contributed by atoms with Gasteiger partial charge in [-0.3, -0.25) is 9.59 Å². The Kier molecular flexibility index (Phi) is 7.43. The Morgan fingerprint density at radius 3 is 2.27 bits per heavy atom. The lowest BCUT2D eigenvalue weighted by atomic mass is 10.1. The molecule has 1 fully saturated rings. The van der Waals surface area contributed by atoms with Crippen LogP contribution >= 0.6 is 0 Å². The van der Waals surface area contributed by atoms with Crippen LogP contribution in [0.4, 0.5) is 5.69 Å². The standard InChI is InChI=1S/C19H28N4O6S/c1-13(19(26)29-4)20-17(24)16-12-22(10-11-23(16)30(5,27)28)18(25)14-6-8-15(9-7-14)21(2)3/h6-9,13,16H,10-12H2,1-5H3,(H,20,24). The first-order valence-electron chi connectivity index (χ1n) is 9.37. The smallest absolute Gasteiger partial charge is 0.328 e. The van der Waals surface area contributed by atoms with Gasteiger partial charge in [-0.1, -0.05) is 0 Å². The van der Waals surface area contributed by atoms with Gasteiger partial charge < -0.3 is 19.9 Å². The van der Waals surface area contributed by atoms with E-state index in [0.29, 0.717) is 5.56 Å². The van der Waals surface area contributed by atoms with Crippen molar-refractivity contribution in [3.05, 3.63) is 29.8 Å². The van der Waals surface area contributed by atoms with E-state index < -0.39 is 34.0 Å². The second-order valence-electron chi connectivity index (χ2n) is 7.34. The van der Waals surface area contributed by atoms with Gasteiger partial charge >= 0.3 is 5.97 Å². The molecule has 30 heavy (non-hydrogen) atoms. The van der Waals surface area contributed by atoms with Crippen molar-refractivity contribution in [3.63, 3.8) is 0 Å². The second kappa shape index (κ2) is 9.43. The third-order valence-corrected chi connectivity index (χ3v) is 6.18. The van der Waals surface area contributed by atoms with Crippen LogP contribution in [-0.2, 0) is 24.3 Å². The average molecular weight is 441 g/mol. The van der Waals surface area contributed by atoms with Crippen molar-refractivity contribution >= 4 is 33.5 Å². The molecule has 2 unspecified atom stereocenters. The van der Waals surface area contributed by atoms with Crippen LogP contribution in [0.3, 0.4) is 0 Å². The number of benzene rings is 1. The van der Waals surface area contributed by atoms with Crippen molar-refractivity contribution in [1.82, 2.24) is 14.5 Å². The number of sulfonamides is 1. The van der Waals surface area contributed by atoms with E-state index in [0.717, 1.165) is 16.2 Å². The molecule has 0 radical (unpaired) electrons. The minimum Gasteiger partial charge on any atom is -0.467 e. The third kappa shape index (κ3) is 5.48. The lowest BCUT2D eigenvalue weighted by Crippen LogP contribution is -2.62. The quantitative estimate of drug-likeness (QED) is 0.594. The largest absolute Gasteiger partial charge is 0.467 e. The van der Waals surface area contributed by atoms with Crippen LogP contribution in [0.15, 0.2) is 24.3 Å². The summed E-state index contributed by atoms with van der Waals surface area (Å²) in [5.74, 6) is -1.62. The predicted molar refractivity (Wildman–Crippen MR) is 112 cm³/mol. The number of piperazine rings is 1. The zero-order valence-electron chi connectivity index (χ0n) is 17.8. The topological polar surface area (TPSA) is 116 Å². The van der Waals surface area contributed by atoms with Gasteiger partial charge in [-0.05, 0) is 31.2 Å². The Balaban J connectivity index is 2.21. The number of rotatable bonds is 6. The van der Waals surface area contributed by atoms with Crippen molar-refractivity contribution < 1.29 is 27.5 Å². The van der Waals surface area contributed by atoms with E-state index in [9.17, 15) is 22.8 Å². The van der Waals surface area contributed by atoms with Crippen LogP contribution in [0.25, 0.3) is 0 Å². The maximum Gasteiger partial charge on any atom is 0.328 e. The van der Waals surface area contributed by atoms with Crippen molar-refractivity contribution in [2.45, 2.75) is 19.0 Å². The highest BCUT2D eigenvalue weighted by Crippen LogP contribution is 2.19. The van der Waals surface area contributed by atoms with Gasteiger partial charge in [-0.25, -0.2) is 13.2 Å². The molecular weight excluding hydrogens is 412 g/mol. The van der Waals surface area contributed by atoms with Crippen molar-refractivity contribution in [2.75, 3.05) is 52.0 Å². The van der Waals surface area contributed by atoms with Gasteiger partial charge in [0.1, 0.15) is 12.1 Å². The number of nitrogens with one attached hydrogen (secondary N) is 1. The molecule has 2 amide bonds. The molecule has 1 aromatic carbocycles. The van der Waals surface area contributed by atoms with E-state index in [4.69, 9.17) is 0 Å². The number of methoxy groups -OCH3 is 1. The molecule has 1 heterocycles. The number of hydrogen-bond donors (Lipinski definition) is 1. The minimum atomic E-state index is -3.70. The van der Waals surface area contributed by atoms with E-state index in [1.165, 1.54) is 18.9 Å². The number of carbonyl (C=O) groups excluding carboxylic acids is 3. The number of esters is 1. The van der Waals surface area contributed by atoms with Crippen LogP contribution in [0, 0.1) is 0 Å². The Morgan fingerprint density at radius 1 is 1.17 bits per heavy atom. The molecule has 0 saturated carbocycles. The van der Waals surface area contributed by atoms with E-state index in [-0.39, 0.29) is 25.5 Å². The molecule has 0 aromatic heterocycles. The molecule has 2 rings (SSSR count). The highest BCUT2D eigenvalue weighted by atomic mass is 32.2. The molecule has 166 valence electrons. The third-order valence-electron chi connectivity index (χ3n) is 4.89. The van der Waals surface area contributed by atoms with E-state index in [1.54, 1.807) is 12.1 Å². The fraction of sp³-hybridized carbons (Fsp3) is 0.526. The molecule has 1 saturated heterocycles. The number of hydrogen-bond acceptors (Lipinski definition) is 7. The summed E-state index contributed by atoms with van der Waals surface area (Å²) in [6, 6.07) is 4.90. The Morgan fingerprint density at radius 2 is 1.77 bits per heavy atom. The molecule has 1 aliphatic heterocycles. The highest BCUT2D eigenvalue weighted by Gasteiger charge is 2.39. The summed E-state index contributed by atoms with van der Waals surface area (Å²) in [6.45, 7) is 1.44. The SMILES string of the molecule is COC(=O)C(C)NC(=O)C1CN(C(=O)c2ccc(N(C)C)cc2)CCN1S(C)(=O)=O. The molecular formula is C19H28N4O6S. The molecule has 11 heteroatoms. The normalized spacial score (nSPS) is 18.4. The number of amides is 2. The first-order valence-corrected chi connectivity index (χ1v) is 11.2.